The zero-order valence-corrected chi connectivity index (χ0v) is 9.75. The number of aryl methyl sites for hydroxylation is 1. The number of rotatable bonds is 3. The number of carbonyl (C=O) groups is 1. The fourth-order valence-corrected chi connectivity index (χ4v) is 2.78. The molecule has 17 heavy (non-hydrogen) atoms. The van der Waals surface area contributed by atoms with Gasteiger partial charge in [0.1, 0.15) is 0 Å². The number of nitrogens with one attached hydrogen (secondary N) is 1. The Labute approximate surface area is 100.0 Å². The van der Waals surface area contributed by atoms with Crippen molar-refractivity contribution in [1.82, 2.24) is 25.2 Å². The predicted octanol–water partition coefficient (Wildman–Crippen LogP) is -0.654. The molecule has 0 unspecified atom stereocenters. The van der Waals surface area contributed by atoms with Crippen molar-refractivity contribution in [3.05, 3.63) is 12.4 Å². The fourth-order valence-electron chi connectivity index (χ4n) is 2.78. The molecule has 0 saturated carbocycles. The number of fused-ring (bicyclic) bond motifs is 1. The van der Waals surface area contributed by atoms with Crippen LogP contribution in [0.3, 0.4) is 0 Å². The summed E-state index contributed by atoms with van der Waals surface area (Å²) in [6.07, 6.45) is 3.95. The molecule has 0 aromatic carbocycles. The van der Waals surface area contributed by atoms with E-state index >= 15 is 0 Å². The van der Waals surface area contributed by atoms with Crippen molar-refractivity contribution in [2.75, 3.05) is 26.2 Å². The summed E-state index contributed by atoms with van der Waals surface area (Å²) in [5, 5.41) is 11.0. The Bertz CT molecular complexity index is 379. The lowest BCUT2D eigenvalue weighted by atomic mass is 10.0. The van der Waals surface area contributed by atoms with E-state index in [4.69, 9.17) is 0 Å². The molecule has 2 aliphatic rings. The highest BCUT2D eigenvalue weighted by Crippen LogP contribution is 2.26. The summed E-state index contributed by atoms with van der Waals surface area (Å²) in [6.45, 7) is 4.61. The Morgan fingerprint density at radius 1 is 1.35 bits per heavy atom. The lowest BCUT2D eigenvalue weighted by Crippen LogP contribution is -2.32. The summed E-state index contributed by atoms with van der Waals surface area (Å²) >= 11 is 0. The smallest absolute Gasteiger partial charge is 0.224 e. The van der Waals surface area contributed by atoms with Gasteiger partial charge in [-0.2, -0.15) is 0 Å². The zero-order valence-electron chi connectivity index (χ0n) is 9.75. The number of aromatic nitrogens is 3. The maximum atomic E-state index is 12.0. The van der Waals surface area contributed by atoms with E-state index in [1.165, 1.54) is 0 Å². The molecule has 1 aromatic rings. The van der Waals surface area contributed by atoms with Gasteiger partial charge in [0.05, 0.1) is 12.7 Å². The third kappa shape index (κ3) is 2.17. The molecule has 2 fully saturated rings. The number of hydrogen-bond donors (Lipinski definition) is 1. The van der Waals surface area contributed by atoms with Crippen LogP contribution in [0.2, 0.25) is 0 Å². The first-order valence-corrected chi connectivity index (χ1v) is 6.15. The lowest BCUT2D eigenvalue weighted by Gasteiger charge is -2.17. The quantitative estimate of drug-likeness (QED) is 0.756. The first kappa shape index (κ1) is 10.7. The van der Waals surface area contributed by atoms with Gasteiger partial charge in [-0.05, 0) is 11.8 Å². The van der Waals surface area contributed by atoms with Gasteiger partial charge in [0.15, 0.2) is 0 Å². The van der Waals surface area contributed by atoms with Crippen LogP contribution in [0, 0.1) is 11.8 Å². The third-order valence-electron chi connectivity index (χ3n) is 3.77. The van der Waals surface area contributed by atoms with Crippen LogP contribution in [0.15, 0.2) is 12.4 Å². The van der Waals surface area contributed by atoms with Gasteiger partial charge in [0.2, 0.25) is 5.91 Å². The van der Waals surface area contributed by atoms with Crippen LogP contribution in [0.25, 0.3) is 0 Å². The average molecular weight is 235 g/mol. The molecule has 6 heteroatoms. The Kier molecular flexibility index (Phi) is 2.80. The van der Waals surface area contributed by atoms with Crippen LogP contribution >= 0.6 is 0 Å². The molecule has 6 nitrogen and oxygen atoms in total. The number of likely N-dealkylation sites (tertiary alicyclic amines) is 1. The highest BCUT2D eigenvalue weighted by Gasteiger charge is 2.37. The molecule has 1 aromatic heterocycles. The van der Waals surface area contributed by atoms with Crippen molar-refractivity contribution in [2.45, 2.75) is 13.0 Å². The van der Waals surface area contributed by atoms with Gasteiger partial charge in [-0.15, -0.1) is 5.10 Å². The molecular formula is C11H17N5O. The minimum absolute atomic E-state index is 0.245. The van der Waals surface area contributed by atoms with Crippen molar-refractivity contribution in [2.24, 2.45) is 11.8 Å². The zero-order chi connectivity index (χ0) is 11.7. The monoisotopic (exact) mass is 235 g/mol. The first-order chi connectivity index (χ1) is 8.33. The molecule has 3 rings (SSSR count). The van der Waals surface area contributed by atoms with Crippen molar-refractivity contribution in [1.29, 1.82) is 0 Å². The normalized spacial score (nSPS) is 27.4. The highest BCUT2D eigenvalue weighted by molar-refractivity contribution is 5.76. The molecule has 0 aliphatic carbocycles. The highest BCUT2D eigenvalue weighted by atomic mass is 16.2. The molecule has 3 heterocycles. The molecule has 2 atom stereocenters. The topological polar surface area (TPSA) is 63.1 Å². The molecule has 0 spiro atoms. The molecule has 2 saturated heterocycles. The largest absolute Gasteiger partial charge is 0.342 e. The van der Waals surface area contributed by atoms with E-state index in [2.05, 4.69) is 15.6 Å². The van der Waals surface area contributed by atoms with Gasteiger partial charge in [-0.1, -0.05) is 5.21 Å². The van der Waals surface area contributed by atoms with E-state index in [9.17, 15) is 4.79 Å². The number of amides is 1. The Morgan fingerprint density at radius 2 is 2.12 bits per heavy atom. The summed E-state index contributed by atoms with van der Waals surface area (Å²) in [4.78, 5) is 14.0. The Balaban J connectivity index is 1.50. The van der Waals surface area contributed by atoms with Crippen LogP contribution in [0.4, 0.5) is 0 Å². The average Bonchev–Trinajstić information content (AvgIpc) is 3.01. The summed E-state index contributed by atoms with van der Waals surface area (Å²) < 4.78 is 1.70. The Hall–Kier alpha value is -1.43. The molecule has 92 valence electrons. The number of carbonyl (C=O) groups excluding carboxylic acids is 1. The van der Waals surface area contributed by atoms with Gasteiger partial charge in [0.25, 0.3) is 0 Å². The van der Waals surface area contributed by atoms with Gasteiger partial charge in [-0.25, -0.2) is 0 Å². The van der Waals surface area contributed by atoms with Crippen LogP contribution in [0.1, 0.15) is 6.42 Å². The predicted molar refractivity (Wildman–Crippen MR) is 61.1 cm³/mol. The third-order valence-corrected chi connectivity index (χ3v) is 3.77. The van der Waals surface area contributed by atoms with E-state index in [0.717, 1.165) is 26.2 Å². The minimum atomic E-state index is 0.245. The van der Waals surface area contributed by atoms with Crippen LogP contribution in [0.5, 0.6) is 0 Å². The maximum Gasteiger partial charge on any atom is 0.224 e. The van der Waals surface area contributed by atoms with Crippen LogP contribution in [-0.4, -0.2) is 52.0 Å². The van der Waals surface area contributed by atoms with Crippen molar-refractivity contribution < 1.29 is 4.79 Å². The minimum Gasteiger partial charge on any atom is -0.342 e. The van der Waals surface area contributed by atoms with Crippen molar-refractivity contribution in [3.8, 4) is 0 Å². The van der Waals surface area contributed by atoms with Gasteiger partial charge in [-0.3, -0.25) is 9.48 Å². The molecule has 1 N–H and O–H groups in total. The van der Waals surface area contributed by atoms with Crippen LogP contribution < -0.4 is 5.32 Å². The second-order valence-corrected chi connectivity index (χ2v) is 4.89. The van der Waals surface area contributed by atoms with Crippen molar-refractivity contribution >= 4 is 5.91 Å². The molecular weight excluding hydrogens is 218 g/mol. The standard InChI is InChI=1S/C11H17N5O/c17-11(1-3-16-4-2-13-14-16)15-7-9-5-12-6-10(9)8-15/h2,4,9-10,12H,1,3,5-8H2/t9-,10+. The first-order valence-electron chi connectivity index (χ1n) is 6.15. The molecule has 0 bridgehead atoms. The van der Waals surface area contributed by atoms with Crippen molar-refractivity contribution in [3.63, 3.8) is 0 Å². The fraction of sp³-hybridized carbons (Fsp3) is 0.727. The van der Waals surface area contributed by atoms with Gasteiger partial charge >= 0.3 is 0 Å². The van der Waals surface area contributed by atoms with E-state index < -0.39 is 0 Å². The lowest BCUT2D eigenvalue weighted by molar-refractivity contribution is -0.130. The molecule has 0 radical (unpaired) electrons. The molecule has 1 amide bonds. The number of hydrogen-bond acceptors (Lipinski definition) is 4. The number of nitrogens with zero attached hydrogens (tertiary/aromatic N) is 4. The van der Waals surface area contributed by atoms with Crippen LogP contribution in [-0.2, 0) is 11.3 Å². The summed E-state index contributed by atoms with van der Waals surface area (Å²) in [5.41, 5.74) is 0. The van der Waals surface area contributed by atoms with Gasteiger partial charge in [0, 0.05) is 38.8 Å². The second-order valence-electron chi connectivity index (χ2n) is 4.89. The molecule has 2 aliphatic heterocycles. The van der Waals surface area contributed by atoms with E-state index in [1.54, 1.807) is 17.1 Å². The summed E-state index contributed by atoms with van der Waals surface area (Å²) in [6, 6.07) is 0. The van der Waals surface area contributed by atoms with Gasteiger partial charge < -0.3 is 10.2 Å². The summed E-state index contributed by atoms with van der Waals surface area (Å²) in [5.74, 6) is 1.59. The second kappa shape index (κ2) is 4.44. The van der Waals surface area contributed by atoms with E-state index in [1.807, 2.05) is 4.90 Å². The van der Waals surface area contributed by atoms with E-state index in [0.29, 0.717) is 24.8 Å². The van der Waals surface area contributed by atoms with E-state index in [-0.39, 0.29) is 5.91 Å². The SMILES string of the molecule is O=C(CCn1ccnn1)N1C[C@H]2CNC[C@H]2C1. The maximum absolute atomic E-state index is 12.0. The summed E-state index contributed by atoms with van der Waals surface area (Å²) in [7, 11) is 0. The Morgan fingerprint density at radius 3 is 2.76 bits per heavy atom.